The first-order chi connectivity index (χ1) is 9.56. The number of hydrogen-bond donors (Lipinski definition) is 1. The van der Waals surface area contributed by atoms with Crippen molar-refractivity contribution in [2.24, 2.45) is 11.7 Å². The number of carbonyl (C=O) groups is 1. The van der Waals surface area contributed by atoms with E-state index in [-0.39, 0.29) is 11.9 Å². The molecule has 0 bridgehead atoms. The van der Waals surface area contributed by atoms with Crippen LogP contribution in [0.15, 0.2) is 33.2 Å². The van der Waals surface area contributed by atoms with Crippen molar-refractivity contribution in [1.82, 2.24) is 4.90 Å². The van der Waals surface area contributed by atoms with Crippen LogP contribution in [0, 0.1) is 5.92 Å². The van der Waals surface area contributed by atoms with Crippen LogP contribution in [-0.4, -0.2) is 29.9 Å². The second kappa shape index (κ2) is 5.22. The molecule has 3 rings (SSSR count). The molecule has 1 fully saturated rings. The topological polar surface area (TPSA) is 59.5 Å². The number of fused-ring (bicyclic) bond motifs is 1. The predicted octanol–water partition coefficient (Wildman–Crippen LogP) is 3.00. The minimum atomic E-state index is -0.0492. The summed E-state index contributed by atoms with van der Waals surface area (Å²) >= 11 is 3.44. The van der Waals surface area contributed by atoms with Crippen molar-refractivity contribution in [1.29, 1.82) is 0 Å². The highest BCUT2D eigenvalue weighted by Gasteiger charge is 2.28. The van der Waals surface area contributed by atoms with Crippen LogP contribution in [0.3, 0.4) is 0 Å². The first-order valence-corrected chi connectivity index (χ1v) is 7.58. The maximum Gasteiger partial charge on any atom is 0.289 e. The maximum absolute atomic E-state index is 12.5. The van der Waals surface area contributed by atoms with Crippen molar-refractivity contribution < 1.29 is 9.21 Å². The fraction of sp³-hybridized carbons (Fsp3) is 0.400. The second-order valence-corrected chi connectivity index (χ2v) is 6.30. The van der Waals surface area contributed by atoms with Gasteiger partial charge in [-0.15, -0.1) is 0 Å². The van der Waals surface area contributed by atoms with Crippen molar-refractivity contribution in [2.45, 2.75) is 19.4 Å². The Hall–Kier alpha value is -1.33. The van der Waals surface area contributed by atoms with Crippen LogP contribution < -0.4 is 5.73 Å². The van der Waals surface area contributed by atoms with Gasteiger partial charge >= 0.3 is 0 Å². The molecule has 1 amide bonds. The van der Waals surface area contributed by atoms with Crippen LogP contribution in [-0.2, 0) is 0 Å². The fourth-order valence-corrected chi connectivity index (χ4v) is 3.10. The summed E-state index contributed by atoms with van der Waals surface area (Å²) in [6.07, 6.45) is 0.844. The number of amides is 1. The Balaban J connectivity index is 1.87. The molecule has 1 aliphatic rings. The molecule has 4 nitrogen and oxygen atoms in total. The van der Waals surface area contributed by atoms with Gasteiger partial charge in [0, 0.05) is 24.5 Å². The average molecular weight is 337 g/mol. The van der Waals surface area contributed by atoms with Crippen molar-refractivity contribution >= 4 is 32.8 Å². The lowest BCUT2D eigenvalue weighted by atomic mass is 9.95. The molecule has 2 N–H and O–H groups in total. The van der Waals surface area contributed by atoms with E-state index in [4.69, 9.17) is 10.2 Å². The standard InChI is InChI=1S/C15H17BrN2O2/c1-9-8-18(6-5-12(9)17)15(19)13-7-10-3-2-4-11(16)14(10)20-13/h2-4,7,9,12H,5-6,8,17H2,1H3. The van der Waals surface area contributed by atoms with E-state index in [1.165, 1.54) is 0 Å². The maximum atomic E-state index is 12.5. The van der Waals surface area contributed by atoms with Crippen molar-refractivity contribution in [2.75, 3.05) is 13.1 Å². The van der Waals surface area contributed by atoms with Crippen molar-refractivity contribution in [3.05, 3.63) is 34.5 Å². The van der Waals surface area contributed by atoms with Crippen LogP contribution >= 0.6 is 15.9 Å². The van der Waals surface area contributed by atoms with Gasteiger partial charge in [-0.05, 0) is 40.4 Å². The molecule has 106 valence electrons. The van der Waals surface area contributed by atoms with Crippen LogP contribution in [0.1, 0.15) is 23.9 Å². The lowest BCUT2D eigenvalue weighted by Gasteiger charge is -2.34. The third kappa shape index (κ3) is 2.36. The molecule has 2 heterocycles. The molecule has 1 aromatic heterocycles. The normalized spacial score (nSPS) is 23.2. The molecule has 2 atom stereocenters. The molecular weight excluding hydrogens is 320 g/mol. The van der Waals surface area contributed by atoms with Crippen molar-refractivity contribution in [3.63, 3.8) is 0 Å². The monoisotopic (exact) mass is 336 g/mol. The van der Waals surface area contributed by atoms with Gasteiger partial charge in [0.1, 0.15) is 5.58 Å². The number of furan rings is 1. The Morgan fingerprint density at radius 3 is 3.00 bits per heavy atom. The lowest BCUT2D eigenvalue weighted by molar-refractivity contribution is 0.0634. The number of likely N-dealkylation sites (tertiary alicyclic amines) is 1. The van der Waals surface area contributed by atoms with E-state index in [1.54, 1.807) is 0 Å². The SMILES string of the molecule is CC1CN(C(=O)c2cc3cccc(Br)c3o2)CCC1N. The molecular formula is C15H17BrN2O2. The summed E-state index contributed by atoms with van der Waals surface area (Å²) < 4.78 is 6.57. The number of nitrogens with two attached hydrogens (primary N) is 1. The van der Waals surface area contributed by atoms with Gasteiger partial charge in [0.15, 0.2) is 5.76 Å². The first-order valence-electron chi connectivity index (χ1n) is 6.79. The molecule has 0 saturated carbocycles. The van der Waals surface area contributed by atoms with Crippen molar-refractivity contribution in [3.8, 4) is 0 Å². The molecule has 0 spiro atoms. The Labute approximate surface area is 126 Å². The summed E-state index contributed by atoms with van der Waals surface area (Å²) in [5, 5.41) is 0.935. The zero-order valence-corrected chi connectivity index (χ0v) is 12.9. The van der Waals surface area contributed by atoms with E-state index in [9.17, 15) is 4.79 Å². The first kappa shape index (κ1) is 13.6. The van der Waals surface area contributed by atoms with Gasteiger partial charge in [0.25, 0.3) is 5.91 Å². The number of hydrogen-bond acceptors (Lipinski definition) is 3. The fourth-order valence-electron chi connectivity index (χ4n) is 2.64. The molecule has 1 aromatic carbocycles. The minimum absolute atomic E-state index is 0.0492. The third-order valence-corrected chi connectivity index (χ3v) is 4.59. The number of piperidine rings is 1. The summed E-state index contributed by atoms with van der Waals surface area (Å²) in [6.45, 7) is 3.47. The highest BCUT2D eigenvalue weighted by molar-refractivity contribution is 9.10. The number of benzene rings is 1. The number of rotatable bonds is 1. The highest BCUT2D eigenvalue weighted by Crippen LogP contribution is 2.28. The van der Waals surface area contributed by atoms with Gasteiger partial charge in [0.2, 0.25) is 0 Å². The molecule has 1 aliphatic heterocycles. The molecule has 0 aliphatic carbocycles. The zero-order valence-electron chi connectivity index (χ0n) is 11.3. The summed E-state index contributed by atoms with van der Waals surface area (Å²) in [7, 11) is 0. The summed E-state index contributed by atoms with van der Waals surface area (Å²) in [4.78, 5) is 14.3. The molecule has 5 heteroatoms. The number of carbonyl (C=O) groups excluding carboxylic acids is 1. The van der Waals surface area contributed by atoms with E-state index in [2.05, 4.69) is 22.9 Å². The van der Waals surface area contributed by atoms with Crippen LogP contribution in [0.5, 0.6) is 0 Å². The van der Waals surface area contributed by atoms with E-state index >= 15 is 0 Å². The zero-order chi connectivity index (χ0) is 14.3. The smallest absolute Gasteiger partial charge is 0.289 e. The molecule has 1 saturated heterocycles. The summed E-state index contributed by atoms with van der Waals surface area (Å²) in [5.74, 6) is 0.672. The largest absolute Gasteiger partial charge is 0.450 e. The molecule has 20 heavy (non-hydrogen) atoms. The third-order valence-electron chi connectivity index (χ3n) is 3.97. The summed E-state index contributed by atoms with van der Waals surface area (Å²) in [5.41, 5.74) is 6.71. The Morgan fingerprint density at radius 1 is 1.50 bits per heavy atom. The van der Waals surface area contributed by atoms with Gasteiger partial charge in [-0.25, -0.2) is 0 Å². The molecule has 2 aromatic rings. The van der Waals surface area contributed by atoms with Crippen LogP contribution in [0.4, 0.5) is 0 Å². The van der Waals surface area contributed by atoms with Gasteiger partial charge < -0.3 is 15.1 Å². The minimum Gasteiger partial charge on any atom is -0.450 e. The van der Waals surface area contributed by atoms with E-state index in [1.807, 2.05) is 29.2 Å². The van der Waals surface area contributed by atoms with Crippen LogP contribution in [0.2, 0.25) is 0 Å². The van der Waals surface area contributed by atoms with Gasteiger partial charge in [-0.1, -0.05) is 19.1 Å². The Morgan fingerprint density at radius 2 is 2.30 bits per heavy atom. The lowest BCUT2D eigenvalue weighted by Crippen LogP contribution is -2.48. The number of para-hydroxylation sites is 1. The van der Waals surface area contributed by atoms with Crippen LogP contribution in [0.25, 0.3) is 11.0 Å². The predicted molar refractivity (Wildman–Crippen MR) is 81.6 cm³/mol. The van der Waals surface area contributed by atoms with E-state index < -0.39 is 0 Å². The van der Waals surface area contributed by atoms with E-state index in [0.29, 0.717) is 24.8 Å². The Bertz CT molecular complexity index is 652. The Kier molecular flexibility index (Phi) is 3.56. The average Bonchev–Trinajstić information content (AvgIpc) is 2.86. The van der Waals surface area contributed by atoms with Gasteiger partial charge in [-0.3, -0.25) is 4.79 Å². The quantitative estimate of drug-likeness (QED) is 0.870. The second-order valence-electron chi connectivity index (χ2n) is 5.45. The molecule has 2 unspecified atom stereocenters. The molecule has 0 radical (unpaired) electrons. The number of halogens is 1. The van der Waals surface area contributed by atoms with Gasteiger partial charge in [0.05, 0.1) is 4.47 Å². The highest BCUT2D eigenvalue weighted by atomic mass is 79.9. The van der Waals surface area contributed by atoms with Gasteiger partial charge in [-0.2, -0.15) is 0 Å². The van der Waals surface area contributed by atoms with E-state index in [0.717, 1.165) is 21.9 Å². The number of nitrogens with zero attached hydrogens (tertiary/aromatic N) is 1. The summed E-state index contributed by atoms with van der Waals surface area (Å²) in [6, 6.07) is 7.76.